The normalized spacial score (nSPS) is 12.2. The Morgan fingerprint density at radius 2 is 2.00 bits per heavy atom. The summed E-state index contributed by atoms with van der Waals surface area (Å²) >= 11 is 0. The maximum absolute atomic E-state index is 11.9. The number of rotatable bonds is 3. The van der Waals surface area contributed by atoms with Crippen LogP contribution in [0.1, 0.15) is 6.92 Å². The molecule has 2 rings (SSSR count). The van der Waals surface area contributed by atoms with Gasteiger partial charge in [0.2, 0.25) is 5.91 Å². The van der Waals surface area contributed by atoms with Gasteiger partial charge in [0, 0.05) is 31.2 Å². The van der Waals surface area contributed by atoms with Crippen LogP contribution >= 0.6 is 0 Å². The molecule has 5 nitrogen and oxygen atoms in total. The third kappa shape index (κ3) is 2.45. The number of aromatic nitrogens is 1. The Hall–Kier alpha value is -2.30. The standard InChI is InChI=1S/C14H17N3O2/c1-9(14(19)15-2)16-11-8-13(18)17(3)12-7-5-4-6-10(11)12/h4-9,16H,1-3H3,(H,15,19). The van der Waals surface area contributed by atoms with Crippen molar-refractivity contribution in [3.8, 4) is 0 Å². The highest BCUT2D eigenvalue weighted by molar-refractivity contribution is 5.93. The minimum absolute atomic E-state index is 0.106. The zero-order chi connectivity index (χ0) is 14.0. The lowest BCUT2D eigenvalue weighted by Crippen LogP contribution is -2.35. The van der Waals surface area contributed by atoms with Crippen LogP contribution in [-0.2, 0) is 11.8 Å². The second-order valence-corrected chi connectivity index (χ2v) is 4.45. The molecule has 1 aromatic heterocycles. The zero-order valence-electron chi connectivity index (χ0n) is 11.2. The van der Waals surface area contributed by atoms with Gasteiger partial charge in [-0.2, -0.15) is 0 Å². The SMILES string of the molecule is CNC(=O)C(C)Nc1cc(=O)n(C)c2ccccc12. The van der Waals surface area contributed by atoms with E-state index in [0.29, 0.717) is 5.69 Å². The van der Waals surface area contributed by atoms with Crippen molar-refractivity contribution >= 4 is 22.5 Å². The Labute approximate surface area is 111 Å². The molecule has 1 atom stereocenters. The van der Waals surface area contributed by atoms with Crippen LogP contribution < -0.4 is 16.2 Å². The van der Waals surface area contributed by atoms with Crippen LogP contribution in [0, 0.1) is 0 Å². The van der Waals surface area contributed by atoms with E-state index in [2.05, 4.69) is 10.6 Å². The number of likely N-dealkylation sites (N-methyl/N-ethyl adjacent to an activating group) is 1. The number of hydrogen-bond acceptors (Lipinski definition) is 3. The third-order valence-corrected chi connectivity index (χ3v) is 3.17. The smallest absolute Gasteiger partial charge is 0.252 e. The van der Waals surface area contributed by atoms with E-state index in [1.807, 2.05) is 24.3 Å². The fourth-order valence-electron chi connectivity index (χ4n) is 2.05. The lowest BCUT2D eigenvalue weighted by molar-refractivity contribution is -0.121. The van der Waals surface area contributed by atoms with Gasteiger partial charge in [-0.15, -0.1) is 0 Å². The van der Waals surface area contributed by atoms with Gasteiger partial charge in [-0.25, -0.2) is 0 Å². The summed E-state index contributed by atoms with van der Waals surface area (Å²) in [4.78, 5) is 23.4. The molecule has 0 aliphatic carbocycles. The number of nitrogens with one attached hydrogen (secondary N) is 2. The molecular weight excluding hydrogens is 242 g/mol. The molecule has 1 unspecified atom stereocenters. The lowest BCUT2D eigenvalue weighted by Gasteiger charge is -2.16. The highest BCUT2D eigenvalue weighted by Gasteiger charge is 2.13. The molecule has 5 heteroatoms. The average Bonchev–Trinajstić information content (AvgIpc) is 2.43. The van der Waals surface area contributed by atoms with Crippen molar-refractivity contribution in [2.24, 2.45) is 7.05 Å². The van der Waals surface area contributed by atoms with Crippen LogP contribution in [0.2, 0.25) is 0 Å². The summed E-state index contributed by atoms with van der Waals surface area (Å²) in [6.07, 6.45) is 0. The Morgan fingerprint density at radius 1 is 1.32 bits per heavy atom. The quantitative estimate of drug-likeness (QED) is 0.867. The van der Waals surface area contributed by atoms with Gasteiger partial charge in [-0.3, -0.25) is 9.59 Å². The van der Waals surface area contributed by atoms with E-state index < -0.39 is 6.04 Å². The van der Waals surface area contributed by atoms with Crippen molar-refractivity contribution in [2.75, 3.05) is 12.4 Å². The summed E-state index contributed by atoms with van der Waals surface area (Å²) in [6.45, 7) is 1.76. The molecule has 1 aromatic carbocycles. The molecule has 0 spiro atoms. The Kier molecular flexibility index (Phi) is 3.55. The van der Waals surface area contributed by atoms with Crippen LogP contribution in [-0.4, -0.2) is 23.6 Å². The molecule has 2 N–H and O–H groups in total. The number of fused-ring (bicyclic) bond motifs is 1. The number of benzene rings is 1. The number of nitrogens with zero attached hydrogens (tertiary/aromatic N) is 1. The first kappa shape index (κ1) is 13.1. The van der Waals surface area contributed by atoms with Crippen LogP contribution in [0.5, 0.6) is 0 Å². The predicted molar refractivity (Wildman–Crippen MR) is 76.3 cm³/mol. The van der Waals surface area contributed by atoms with E-state index in [-0.39, 0.29) is 11.5 Å². The first-order chi connectivity index (χ1) is 9.04. The minimum Gasteiger partial charge on any atom is -0.373 e. The molecule has 2 aromatic rings. The predicted octanol–water partition coefficient (Wildman–Crippen LogP) is 1.08. The number of aryl methyl sites for hydroxylation is 1. The molecule has 1 amide bonds. The number of amides is 1. The van der Waals surface area contributed by atoms with Crippen LogP contribution in [0.15, 0.2) is 35.1 Å². The maximum atomic E-state index is 11.9. The van der Waals surface area contributed by atoms with Gasteiger partial charge in [-0.05, 0) is 13.0 Å². The first-order valence-electron chi connectivity index (χ1n) is 6.11. The van der Waals surface area contributed by atoms with Gasteiger partial charge in [0.05, 0.1) is 5.52 Å². The van der Waals surface area contributed by atoms with Crippen molar-refractivity contribution in [2.45, 2.75) is 13.0 Å². The topological polar surface area (TPSA) is 63.1 Å². The van der Waals surface area contributed by atoms with Crippen molar-refractivity contribution in [3.63, 3.8) is 0 Å². The highest BCUT2D eigenvalue weighted by Crippen LogP contribution is 2.21. The van der Waals surface area contributed by atoms with Crippen molar-refractivity contribution in [1.29, 1.82) is 0 Å². The van der Waals surface area contributed by atoms with Gasteiger partial charge in [-0.1, -0.05) is 18.2 Å². The fourth-order valence-corrected chi connectivity index (χ4v) is 2.05. The second-order valence-electron chi connectivity index (χ2n) is 4.45. The molecule has 0 aliphatic heterocycles. The fraction of sp³-hybridized carbons (Fsp3) is 0.286. The van der Waals surface area contributed by atoms with Crippen LogP contribution in [0.3, 0.4) is 0 Å². The van der Waals surface area contributed by atoms with Gasteiger partial charge >= 0.3 is 0 Å². The molecule has 0 fully saturated rings. The van der Waals surface area contributed by atoms with E-state index >= 15 is 0 Å². The number of hydrogen-bond donors (Lipinski definition) is 2. The van der Waals surface area contributed by atoms with Gasteiger partial charge in [0.1, 0.15) is 6.04 Å². The molecule has 0 radical (unpaired) electrons. The van der Waals surface area contributed by atoms with Crippen molar-refractivity contribution < 1.29 is 4.79 Å². The zero-order valence-corrected chi connectivity index (χ0v) is 11.2. The summed E-state index contributed by atoms with van der Waals surface area (Å²) in [6, 6.07) is 8.71. The summed E-state index contributed by atoms with van der Waals surface area (Å²) in [7, 11) is 3.32. The Morgan fingerprint density at radius 3 is 2.68 bits per heavy atom. The summed E-state index contributed by atoms with van der Waals surface area (Å²) < 4.78 is 1.59. The minimum atomic E-state index is -0.402. The summed E-state index contributed by atoms with van der Waals surface area (Å²) in [5.41, 5.74) is 1.40. The van der Waals surface area contributed by atoms with Crippen molar-refractivity contribution in [3.05, 3.63) is 40.7 Å². The third-order valence-electron chi connectivity index (χ3n) is 3.17. The van der Waals surface area contributed by atoms with Gasteiger partial charge < -0.3 is 15.2 Å². The molecule has 0 saturated carbocycles. The largest absolute Gasteiger partial charge is 0.373 e. The Balaban J connectivity index is 2.52. The highest BCUT2D eigenvalue weighted by atomic mass is 16.2. The number of para-hydroxylation sites is 1. The second kappa shape index (κ2) is 5.14. The summed E-state index contributed by atoms with van der Waals surface area (Å²) in [5, 5.41) is 6.57. The van der Waals surface area contributed by atoms with Crippen LogP contribution in [0.25, 0.3) is 10.9 Å². The van der Waals surface area contributed by atoms with Crippen LogP contribution in [0.4, 0.5) is 5.69 Å². The molecule has 0 saturated heterocycles. The molecule has 100 valence electrons. The lowest BCUT2D eigenvalue weighted by atomic mass is 10.1. The Bertz CT molecular complexity index is 676. The van der Waals surface area contributed by atoms with E-state index in [4.69, 9.17) is 0 Å². The average molecular weight is 259 g/mol. The van der Waals surface area contributed by atoms with E-state index in [0.717, 1.165) is 10.9 Å². The molecule has 1 heterocycles. The molecule has 19 heavy (non-hydrogen) atoms. The van der Waals surface area contributed by atoms with Gasteiger partial charge in [0.15, 0.2) is 0 Å². The number of carbonyl (C=O) groups is 1. The van der Waals surface area contributed by atoms with E-state index in [9.17, 15) is 9.59 Å². The van der Waals surface area contributed by atoms with E-state index in [1.165, 1.54) is 6.07 Å². The number of pyridine rings is 1. The maximum Gasteiger partial charge on any atom is 0.252 e. The first-order valence-corrected chi connectivity index (χ1v) is 6.11. The number of anilines is 1. The number of carbonyl (C=O) groups excluding carboxylic acids is 1. The molecule has 0 aliphatic rings. The van der Waals surface area contributed by atoms with E-state index in [1.54, 1.807) is 25.6 Å². The summed E-state index contributed by atoms with van der Waals surface area (Å²) in [5.74, 6) is -0.121. The monoisotopic (exact) mass is 259 g/mol. The molecular formula is C14H17N3O2. The molecule has 0 bridgehead atoms. The van der Waals surface area contributed by atoms with Gasteiger partial charge in [0.25, 0.3) is 5.56 Å². The van der Waals surface area contributed by atoms with Crippen molar-refractivity contribution in [1.82, 2.24) is 9.88 Å².